The number of nitrogens with zero attached hydrogens (tertiary/aromatic N) is 1. The number of rotatable bonds is 5. The van der Waals surface area contributed by atoms with Crippen molar-refractivity contribution in [3.63, 3.8) is 0 Å². The molecule has 1 atom stereocenters. The fourth-order valence-electron chi connectivity index (χ4n) is 1.93. The molecule has 0 spiro atoms. The second kappa shape index (κ2) is 6.95. The van der Waals surface area contributed by atoms with E-state index < -0.39 is 12.6 Å². The summed E-state index contributed by atoms with van der Waals surface area (Å²) in [5.74, 6) is -1.46. The zero-order chi connectivity index (χ0) is 13.5. The number of piperidine rings is 1. The van der Waals surface area contributed by atoms with Gasteiger partial charge >= 0.3 is 5.97 Å². The molecule has 1 aliphatic heterocycles. The third-order valence-corrected chi connectivity index (χ3v) is 2.63. The van der Waals surface area contributed by atoms with Crippen molar-refractivity contribution < 1.29 is 24.2 Å². The molecule has 18 heavy (non-hydrogen) atoms. The Labute approximate surface area is 105 Å². The van der Waals surface area contributed by atoms with Gasteiger partial charge in [0.15, 0.2) is 0 Å². The van der Waals surface area contributed by atoms with Gasteiger partial charge < -0.3 is 20.1 Å². The van der Waals surface area contributed by atoms with Crippen molar-refractivity contribution in [3.05, 3.63) is 0 Å². The Morgan fingerprint density at radius 1 is 1.39 bits per heavy atom. The maximum absolute atomic E-state index is 11.7. The van der Waals surface area contributed by atoms with Crippen LogP contribution in [0.2, 0.25) is 0 Å². The van der Waals surface area contributed by atoms with Gasteiger partial charge in [-0.2, -0.15) is 0 Å². The summed E-state index contributed by atoms with van der Waals surface area (Å²) in [5.41, 5.74) is 0. The number of hydrogen-bond donors (Lipinski definition) is 2. The molecule has 2 N–H and O–H groups in total. The van der Waals surface area contributed by atoms with Crippen LogP contribution in [0.15, 0.2) is 0 Å². The van der Waals surface area contributed by atoms with E-state index in [1.54, 1.807) is 4.90 Å². The summed E-state index contributed by atoms with van der Waals surface area (Å²) in [6, 6.07) is -0.0281. The first-order chi connectivity index (χ1) is 8.49. The first kappa shape index (κ1) is 14.4. The van der Waals surface area contributed by atoms with Crippen LogP contribution >= 0.6 is 0 Å². The van der Waals surface area contributed by atoms with Crippen molar-refractivity contribution in [1.29, 1.82) is 0 Å². The molecule has 1 fully saturated rings. The number of likely N-dealkylation sites (tertiary alicyclic amines) is 1. The highest BCUT2D eigenvalue weighted by atomic mass is 16.5. The van der Waals surface area contributed by atoms with Gasteiger partial charge in [-0.25, -0.2) is 4.79 Å². The van der Waals surface area contributed by atoms with E-state index in [1.807, 2.05) is 0 Å². The standard InChI is InChI=1S/C11H18N2O5/c1-8(14)12-9-3-2-4-13(5-9)10(15)6-18-7-11(16)17/h9H,2-7H2,1H3,(H,12,14)(H,16,17). The van der Waals surface area contributed by atoms with Gasteiger partial charge in [0.2, 0.25) is 11.8 Å². The largest absolute Gasteiger partial charge is 0.480 e. The van der Waals surface area contributed by atoms with Gasteiger partial charge in [0, 0.05) is 26.1 Å². The predicted octanol–water partition coefficient (Wildman–Crippen LogP) is -0.785. The van der Waals surface area contributed by atoms with E-state index in [1.165, 1.54) is 6.92 Å². The summed E-state index contributed by atoms with van der Waals surface area (Å²) in [6.45, 7) is 1.80. The van der Waals surface area contributed by atoms with Gasteiger partial charge in [-0.1, -0.05) is 0 Å². The number of carboxylic acid groups (broad SMARTS) is 1. The van der Waals surface area contributed by atoms with E-state index in [0.717, 1.165) is 12.8 Å². The quantitative estimate of drug-likeness (QED) is 0.674. The van der Waals surface area contributed by atoms with Crippen molar-refractivity contribution in [1.82, 2.24) is 10.2 Å². The maximum Gasteiger partial charge on any atom is 0.329 e. The van der Waals surface area contributed by atoms with E-state index in [0.29, 0.717) is 13.1 Å². The molecular formula is C11H18N2O5. The lowest BCUT2D eigenvalue weighted by Gasteiger charge is -2.32. The molecule has 1 rings (SSSR count). The summed E-state index contributed by atoms with van der Waals surface area (Å²) in [7, 11) is 0. The highest BCUT2D eigenvalue weighted by Crippen LogP contribution is 2.10. The van der Waals surface area contributed by atoms with Gasteiger partial charge in [-0.05, 0) is 12.8 Å². The van der Waals surface area contributed by atoms with Crippen molar-refractivity contribution in [2.45, 2.75) is 25.8 Å². The van der Waals surface area contributed by atoms with Crippen molar-refractivity contribution in [2.24, 2.45) is 0 Å². The van der Waals surface area contributed by atoms with E-state index in [9.17, 15) is 14.4 Å². The van der Waals surface area contributed by atoms with Crippen molar-refractivity contribution >= 4 is 17.8 Å². The predicted molar refractivity (Wildman–Crippen MR) is 61.9 cm³/mol. The van der Waals surface area contributed by atoms with Crippen molar-refractivity contribution in [3.8, 4) is 0 Å². The molecule has 0 aromatic carbocycles. The number of nitrogens with one attached hydrogen (secondary N) is 1. The Kier molecular flexibility index (Phi) is 5.57. The molecule has 0 bridgehead atoms. The Hall–Kier alpha value is -1.63. The fraction of sp³-hybridized carbons (Fsp3) is 0.727. The smallest absolute Gasteiger partial charge is 0.329 e. The molecule has 1 heterocycles. The summed E-state index contributed by atoms with van der Waals surface area (Å²) in [4.78, 5) is 34.5. The molecular weight excluding hydrogens is 240 g/mol. The summed E-state index contributed by atoms with van der Waals surface area (Å²) < 4.78 is 4.75. The van der Waals surface area contributed by atoms with Gasteiger partial charge in [0.05, 0.1) is 0 Å². The van der Waals surface area contributed by atoms with Gasteiger partial charge in [-0.3, -0.25) is 9.59 Å². The fourth-order valence-corrected chi connectivity index (χ4v) is 1.93. The van der Waals surface area contributed by atoms with Crippen LogP contribution in [0.25, 0.3) is 0 Å². The molecule has 1 aliphatic rings. The van der Waals surface area contributed by atoms with Gasteiger partial charge in [0.1, 0.15) is 13.2 Å². The van der Waals surface area contributed by atoms with Crippen LogP contribution in [0, 0.1) is 0 Å². The van der Waals surface area contributed by atoms with Crippen LogP contribution in [-0.4, -0.2) is 60.1 Å². The molecule has 0 aliphatic carbocycles. The maximum atomic E-state index is 11.7. The Morgan fingerprint density at radius 2 is 2.11 bits per heavy atom. The van der Waals surface area contributed by atoms with Crippen LogP contribution in [0.5, 0.6) is 0 Å². The van der Waals surface area contributed by atoms with E-state index in [4.69, 9.17) is 9.84 Å². The second-order valence-electron chi connectivity index (χ2n) is 4.27. The first-order valence-electron chi connectivity index (χ1n) is 5.83. The zero-order valence-corrected chi connectivity index (χ0v) is 10.3. The highest BCUT2D eigenvalue weighted by Gasteiger charge is 2.24. The van der Waals surface area contributed by atoms with Crippen molar-refractivity contribution in [2.75, 3.05) is 26.3 Å². The topological polar surface area (TPSA) is 95.9 Å². The lowest BCUT2D eigenvalue weighted by atomic mass is 10.1. The minimum Gasteiger partial charge on any atom is -0.480 e. The SMILES string of the molecule is CC(=O)NC1CCCN(C(=O)COCC(=O)O)C1. The van der Waals surface area contributed by atoms with Gasteiger partial charge in [0.25, 0.3) is 0 Å². The van der Waals surface area contributed by atoms with Crippen LogP contribution in [0.4, 0.5) is 0 Å². The third-order valence-electron chi connectivity index (χ3n) is 2.63. The van der Waals surface area contributed by atoms with E-state index in [2.05, 4.69) is 5.32 Å². The van der Waals surface area contributed by atoms with Crippen LogP contribution in [0.1, 0.15) is 19.8 Å². The summed E-state index contributed by atoms with van der Waals surface area (Å²) in [6.07, 6.45) is 1.66. The molecule has 7 heteroatoms. The molecule has 0 aromatic heterocycles. The lowest BCUT2D eigenvalue weighted by Crippen LogP contribution is -2.50. The number of aliphatic carboxylic acids is 1. The number of carbonyl (C=O) groups is 3. The third kappa shape index (κ3) is 5.13. The molecule has 0 radical (unpaired) electrons. The molecule has 0 aromatic rings. The number of hydrogen-bond acceptors (Lipinski definition) is 4. The minimum absolute atomic E-state index is 0.0281. The monoisotopic (exact) mass is 258 g/mol. The Bertz CT molecular complexity index is 331. The molecule has 1 saturated heterocycles. The number of carbonyl (C=O) groups excluding carboxylic acids is 2. The normalized spacial score (nSPS) is 19.4. The lowest BCUT2D eigenvalue weighted by molar-refractivity contribution is -0.146. The van der Waals surface area contributed by atoms with Crippen LogP contribution in [0.3, 0.4) is 0 Å². The average Bonchev–Trinajstić information content (AvgIpc) is 2.27. The van der Waals surface area contributed by atoms with E-state index >= 15 is 0 Å². The average molecular weight is 258 g/mol. The molecule has 0 saturated carbocycles. The summed E-state index contributed by atoms with van der Waals surface area (Å²) >= 11 is 0. The molecule has 7 nitrogen and oxygen atoms in total. The van der Waals surface area contributed by atoms with Crippen LogP contribution in [-0.2, 0) is 19.1 Å². The first-order valence-corrected chi connectivity index (χ1v) is 5.83. The molecule has 1 unspecified atom stereocenters. The highest BCUT2D eigenvalue weighted by molar-refractivity contribution is 5.78. The minimum atomic E-state index is -1.10. The Morgan fingerprint density at radius 3 is 2.72 bits per heavy atom. The number of carboxylic acids is 1. The van der Waals surface area contributed by atoms with E-state index in [-0.39, 0.29) is 24.5 Å². The second-order valence-corrected chi connectivity index (χ2v) is 4.27. The number of amides is 2. The molecule has 102 valence electrons. The number of ether oxygens (including phenoxy) is 1. The Balaban J connectivity index is 2.33. The zero-order valence-electron chi connectivity index (χ0n) is 10.3. The van der Waals surface area contributed by atoms with Crippen LogP contribution < -0.4 is 5.32 Å². The molecule has 2 amide bonds. The van der Waals surface area contributed by atoms with Gasteiger partial charge in [-0.15, -0.1) is 0 Å². The summed E-state index contributed by atoms with van der Waals surface area (Å²) in [5, 5.41) is 11.2.